The molecule has 0 saturated carbocycles. The number of hydrogen-bond acceptors (Lipinski definition) is 6. The smallest absolute Gasteiger partial charge is 0.363 e. The Kier molecular flexibility index (Phi) is 6.31. The molecule has 1 aliphatic heterocycles. The van der Waals surface area contributed by atoms with Crippen molar-refractivity contribution in [2.75, 3.05) is 6.61 Å². The number of nitrogens with zero attached hydrogens (tertiary/aromatic N) is 1. The Balaban J connectivity index is 1.60. The zero-order chi connectivity index (χ0) is 23.4. The van der Waals surface area contributed by atoms with Crippen LogP contribution in [-0.4, -0.2) is 24.4 Å². The van der Waals surface area contributed by atoms with Gasteiger partial charge in [-0.2, -0.15) is 0 Å². The predicted molar refractivity (Wildman–Crippen MR) is 121 cm³/mol. The van der Waals surface area contributed by atoms with E-state index in [0.717, 1.165) is 11.1 Å². The third-order valence-corrected chi connectivity index (χ3v) is 4.85. The number of aryl methyl sites for hydroxylation is 1. The van der Waals surface area contributed by atoms with E-state index < -0.39 is 17.8 Å². The maximum Gasteiger partial charge on any atom is 0.363 e. The molecule has 0 aliphatic carbocycles. The van der Waals surface area contributed by atoms with E-state index in [2.05, 4.69) is 4.99 Å². The van der Waals surface area contributed by atoms with Crippen molar-refractivity contribution in [3.63, 3.8) is 0 Å². The average Bonchev–Trinajstić information content (AvgIpc) is 3.16. The van der Waals surface area contributed by atoms with Crippen molar-refractivity contribution in [2.45, 2.75) is 13.8 Å². The second kappa shape index (κ2) is 9.48. The molecule has 0 aromatic heterocycles. The SMILES string of the molecule is CCOc1cc(/C=C2/N=C(c3ccccc3C)OC2=O)ccc1OC(=O)c1ccc(F)cc1. The molecule has 6 nitrogen and oxygen atoms in total. The van der Waals surface area contributed by atoms with Gasteiger partial charge in [0.25, 0.3) is 0 Å². The first-order chi connectivity index (χ1) is 15.9. The van der Waals surface area contributed by atoms with Crippen molar-refractivity contribution in [1.29, 1.82) is 0 Å². The predicted octanol–water partition coefficient (Wildman–Crippen LogP) is 5.10. The van der Waals surface area contributed by atoms with Gasteiger partial charge < -0.3 is 14.2 Å². The molecule has 4 rings (SSSR count). The fourth-order valence-electron chi connectivity index (χ4n) is 3.21. The van der Waals surface area contributed by atoms with Gasteiger partial charge in [-0.05, 0) is 73.5 Å². The van der Waals surface area contributed by atoms with E-state index in [9.17, 15) is 14.0 Å². The second-order valence-electron chi connectivity index (χ2n) is 7.19. The molecular formula is C26H20FNO5. The quantitative estimate of drug-likeness (QED) is 0.300. The number of cyclic esters (lactones) is 1. The van der Waals surface area contributed by atoms with Gasteiger partial charge in [-0.1, -0.05) is 24.3 Å². The number of hydrogen-bond donors (Lipinski definition) is 0. The molecule has 0 fully saturated rings. The van der Waals surface area contributed by atoms with Gasteiger partial charge in [0.2, 0.25) is 5.90 Å². The van der Waals surface area contributed by atoms with Crippen LogP contribution < -0.4 is 9.47 Å². The van der Waals surface area contributed by atoms with Crippen LogP contribution in [0.4, 0.5) is 4.39 Å². The first-order valence-corrected chi connectivity index (χ1v) is 10.3. The molecule has 0 atom stereocenters. The monoisotopic (exact) mass is 445 g/mol. The molecule has 166 valence electrons. The minimum absolute atomic E-state index is 0.145. The molecule has 3 aromatic carbocycles. The maximum absolute atomic E-state index is 13.1. The number of halogens is 1. The summed E-state index contributed by atoms with van der Waals surface area (Å²) < 4.78 is 29.5. The van der Waals surface area contributed by atoms with E-state index >= 15 is 0 Å². The minimum Gasteiger partial charge on any atom is -0.490 e. The van der Waals surface area contributed by atoms with Crippen LogP contribution in [0.5, 0.6) is 11.5 Å². The highest BCUT2D eigenvalue weighted by atomic mass is 19.1. The molecule has 0 radical (unpaired) electrons. The molecule has 0 spiro atoms. The highest BCUT2D eigenvalue weighted by molar-refractivity contribution is 6.13. The zero-order valence-corrected chi connectivity index (χ0v) is 18.0. The van der Waals surface area contributed by atoms with Crippen LogP contribution >= 0.6 is 0 Å². The van der Waals surface area contributed by atoms with E-state index in [1.807, 2.05) is 31.2 Å². The number of ether oxygens (including phenoxy) is 3. The van der Waals surface area contributed by atoms with Crippen molar-refractivity contribution in [3.8, 4) is 11.5 Å². The van der Waals surface area contributed by atoms with Crippen molar-refractivity contribution in [1.82, 2.24) is 0 Å². The normalized spacial score (nSPS) is 14.1. The molecule has 1 aliphatic rings. The lowest BCUT2D eigenvalue weighted by molar-refractivity contribution is -0.129. The van der Waals surface area contributed by atoms with Gasteiger partial charge in [0.1, 0.15) is 5.82 Å². The maximum atomic E-state index is 13.1. The third kappa shape index (κ3) is 4.98. The van der Waals surface area contributed by atoms with Crippen LogP contribution in [0.2, 0.25) is 0 Å². The molecule has 3 aromatic rings. The summed E-state index contributed by atoms with van der Waals surface area (Å²) in [5, 5.41) is 0. The lowest BCUT2D eigenvalue weighted by atomic mass is 10.1. The summed E-state index contributed by atoms with van der Waals surface area (Å²) in [4.78, 5) is 29.1. The summed E-state index contributed by atoms with van der Waals surface area (Å²) in [5.74, 6) is -0.882. The van der Waals surface area contributed by atoms with Gasteiger partial charge in [0, 0.05) is 5.56 Å². The Labute approximate surface area is 189 Å². The Hall–Kier alpha value is -4.26. The topological polar surface area (TPSA) is 74.2 Å². The third-order valence-electron chi connectivity index (χ3n) is 4.85. The van der Waals surface area contributed by atoms with E-state index in [1.54, 1.807) is 31.2 Å². The molecule has 0 amide bonds. The number of carbonyl (C=O) groups excluding carboxylic acids is 2. The van der Waals surface area contributed by atoms with Gasteiger partial charge in [-0.25, -0.2) is 19.0 Å². The fraction of sp³-hybridized carbons (Fsp3) is 0.115. The Morgan fingerprint density at radius 1 is 1.06 bits per heavy atom. The van der Waals surface area contributed by atoms with Gasteiger partial charge in [-0.15, -0.1) is 0 Å². The molecule has 7 heteroatoms. The molecule has 0 N–H and O–H groups in total. The van der Waals surface area contributed by atoms with Crippen molar-refractivity contribution >= 4 is 23.9 Å². The van der Waals surface area contributed by atoms with Crippen LogP contribution in [0.15, 0.2) is 77.4 Å². The Morgan fingerprint density at radius 2 is 1.82 bits per heavy atom. The minimum atomic E-state index is -0.645. The lowest BCUT2D eigenvalue weighted by Crippen LogP contribution is -2.09. The molecule has 33 heavy (non-hydrogen) atoms. The number of benzene rings is 3. The van der Waals surface area contributed by atoms with E-state index in [-0.39, 0.29) is 22.9 Å². The summed E-state index contributed by atoms with van der Waals surface area (Å²) in [6, 6.07) is 17.4. The first kappa shape index (κ1) is 22.0. The molecule has 0 saturated heterocycles. The summed E-state index contributed by atoms with van der Waals surface area (Å²) >= 11 is 0. The van der Waals surface area contributed by atoms with Crippen molar-refractivity contribution in [2.24, 2.45) is 4.99 Å². The van der Waals surface area contributed by atoms with Crippen molar-refractivity contribution in [3.05, 3.63) is 100 Å². The van der Waals surface area contributed by atoms with Crippen LogP contribution in [0, 0.1) is 12.7 Å². The van der Waals surface area contributed by atoms with Gasteiger partial charge in [0.05, 0.1) is 12.2 Å². The van der Waals surface area contributed by atoms with Gasteiger partial charge in [0.15, 0.2) is 17.2 Å². The number of esters is 2. The molecule has 0 bridgehead atoms. The van der Waals surface area contributed by atoms with E-state index in [4.69, 9.17) is 14.2 Å². The van der Waals surface area contributed by atoms with E-state index in [1.165, 1.54) is 24.3 Å². The van der Waals surface area contributed by atoms with Crippen LogP contribution in [0.1, 0.15) is 34.0 Å². The average molecular weight is 445 g/mol. The molecular weight excluding hydrogens is 425 g/mol. The zero-order valence-electron chi connectivity index (χ0n) is 18.0. The van der Waals surface area contributed by atoms with Crippen LogP contribution in [0.3, 0.4) is 0 Å². The summed E-state index contributed by atoms with van der Waals surface area (Å²) in [6.45, 7) is 4.04. The number of aliphatic imine (C=N–C) groups is 1. The lowest BCUT2D eigenvalue weighted by Gasteiger charge is -2.11. The second-order valence-corrected chi connectivity index (χ2v) is 7.19. The number of carbonyl (C=O) groups is 2. The van der Waals surface area contributed by atoms with Crippen LogP contribution in [0.25, 0.3) is 6.08 Å². The fourth-order valence-corrected chi connectivity index (χ4v) is 3.21. The standard InChI is InChI=1S/C26H20FNO5/c1-3-31-23-15-17(8-13-22(23)32-25(29)18-9-11-19(27)12-10-18)14-21-26(30)33-24(28-21)20-7-5-4-6-16(20)2/h4-15H,3H2,1-2H3/b21-14+. The summed E-state index contributed by atoms with van der Waals surface area (Å²) in [7, 11) is 0. The molecule has 1 heterocycles. The molecule has 0 unspecified atom stereocenters. The summed E-state index contributed by atoms with van der Waals surface area (Å²) in [5.41, 5.74) is 2.65. The Bertz CT molecular complexity index is 1280. The first-order valence-electron chi connectivity index (χ1n) is 10.3. The van der Waals surface area contributed by atoms with Crippen molar-refractivity contribution < 1.29 is 28.2 Å². The Morgan fingerprint density at radius 3 is 2.55 bits per heavy atom. The van der Waals surface area contributed by atoms with Gasteiger partial charge in [-0.3, -0.25) is 0 Å². The highest BCUT2D eigenvalue weighted by Gasteiger charge is 2.25. The van der Waals surface area contributed by atoms with E-state index in [0.29, 0.717) is 17.9 Å². The van der Waals surface area contributed by atoms with Gasteiger partial charge >= 0.3 is 11.9 Å². The largest absolute Gasteiger partial charge is 0.490 e. The summed E-state index contributed by atoms with van der Waals surface area (Å²) in [6.07, 6.45) is 1.57. The highest BCUT2D eigenvalue weighted by Crippen LogP contribution is 2.31. The van der Waals surface area contributed by atoms with Crippen LogP contribution in [-0.2, 0) is 9.53 Å². The number of rotatable bonds is 6.